The van der Waals surface area contributed by atoms with Gasteiger partial charge >= 0.3 is 0 Å². The van der Waals surface area contributed by atoms with Crippen molar-refractivity contribution >= 4 is 40.5 Å². The number of rotatable bonds is 13. The highest BCUT2D eigenvalue weighted by molar-refractivity contribution is 8.04. The second-order valence-electron chi connectivity index (χ2n) is 9.43. The van der Waals surface area contributed by atoms with Crippen molar-refractivity contribution in [2.45, 2.75) is 60.5 Å². The van der Waals surface area contributed by atoms with Crippen molar-refractivity contribution in [1.29, 1.82) is 0 Å². The summed E-state index contributed by atoms with van der Waals surface area (Å²) in [6.07, 6.45) is 9.72. The molecule has 0 saturated carbocycles. The Morgan fingerprint density at radius 3 is 2.76 bits per heavy atom. The monoisotopic (exact) mass is 580 g/mol. The molecule has 4 rings (SSSR count). The van der Waals surface area contributed by atoms with E-state index < -0.39 is 0 Å². The third-order valence-electron chi connectivity index (χ3n) is 6.18. The van der Waals surface area contributed by atoms with Crippen LogP contribution in [0.3, 0.4) is 0 Å². The minimum absolute atomic E-state index is 0.0752. The third kappa shape index (κ3) is 9.28. The first-order valence-electron chi connectivity index (χ1n) is 13.9. The van der Waals surface area contributed by atoms with Crippen molar-refractivity contribution < 1.29 is 18.8 Å². The number of allylic oxidation sites excluding steroid dienone is 3. The highest BCUT2D eigenvalue weighted by Gasteiger charge is 2.19. The molecule has 1 aliphatic carbocycles. The molecule has 10 nitrogen and oxygen atoms in total. The van der Waals surface area contributed by atoms with Crippen molar-refractivity contribution in [1.82, 2.24) is 25.6 Å². The number of ether oxygens (including phenoxy) is 1. The quantitative estimate of drug-likeness (QED) is 0.134. The van der Waals surface area contributed by atoms with Gasteiger partial charge in [-0.25, -0.2) is 0 Å². The van der Waals surface area contributed by atoms with E-state index in [-0.39, 0.29) is 11.8 Å². The van der Waals surface area contributed by atoms with Crippen molar-refractivity contribution in [2.24, 2.45) is 5.92 Å². The van der Waals surface area contributed by atoms with E-state index in [2.05, 4.69) is 45.2 Å². The fraction of sp³-hybridized carbons (Fsp3) is 0.400. The summed E-state index contributed by atoms with van der Waals surface area (Å²) in [7, 11) is 0. The molecule has 0 spiro atoms. The zero-order valence-electron chi connectivity index (χ0n) is 24.5. The number of nitrogens with one attached hydrogen (secondary N) is 3. The van der Waals surface area contributed by atoms with Crippen molar-refractivity contribution in [3.05, 3.63) is 76.7 Å². The molecular weight excluding hydrogens is 540 g/mol. The second-order valence-corrected chi connectivity index (χ2v) is 10.3. The Balaban J connectivity index is 0.00000226. The Bertz CT molecular complexity index is 1410. The molecule has 0 fully saturated rings. The summed E-state index contributed by atoms with van der Waals surface area (Å²) < 4.78 is 16.7. The summed E-state index contributed by atoms with van der Waals surface area (Å²) in [6, 6.07) is 5.96. The van der Waals surface area contributed by atoms with Crippen molar-refractivity contribution in [2.75, 3.05) is 17.9 Å². The number of anilines is 1. The van der Waals surface area contributed by atoms with Crippen LogP contribution in [0.2, 0.25) is 0 Å². The number of fused-ring (bicyclic) bond motifs is 1. The number of aromatic nitrogens is 3. The fourth-order valence-corrected chi connectivity index (χ4v) is 4.87. The maximum absolute atomic E-state index is 11.7. The maximum atomic E-state index is 11.7. The van der Waals surface area contributed by atoms with E-state index in [0.29, 0.717) is 49.1 Å². The van der Waals surface area contributed by atoms with Gasteiger partial charge in [-0.15, -0.1) is 0 Å². The van der Waals surface area contributed by atoms with E-state index in [1.807, 2.05) is 49.0 Å². The molecule has 2 aromatic heterocycles. The lowest BCUT2D eigenvalue weighted by atomic mass is 9.97. The highest BCUT2D eigenvalue weighted by atomic mass is 32.2. The van der Waals surface area contributed by atoms with Gasteiger partial charge in [0.25, 0.3) is 0 Å². The Kier molecular flexibility index (Phi) is 12.1. The van der Waals surface area contributed by atoms with Gasteiger partial charge in [0.05, 0.1) is 24.7 Å². The summed E-state index contributed by atoms with van der Waals surface area (Å²) >= 11 is 1.47. The molecule has 1 aliphatic rings. The van der Waals surface area contributed by atoms with Crippen LogP contribution < -0.4 is 15.4 Å². The van der Waals surface area contributed by atoms with Crippen molar-refractivity contribution in [3.63, 3.8) is 0 Å². The van der Waals surface area contributed by atoms with Gasteiger partial charge in [0.1, 0.15) is 12.4 Å². The molecule has 3 N–H and O–H groups in total. The molecule has 3 aromatic rings. The standard InChI is InChI=1S/C28H34N6O4S.C2H6/c1-5-20-7-9-24(37-11-10-29-19(4)35)26(13-20)39-33-27-23-8-6-21(12-25(23)38-32-27)16-34-17-22(15-31-34)14-30-28(36)18(2)3;1-2/h6-9,12,15,17,20H,2,5,10-11,13-14,16H2,1,3-4H3,(H,29,35)(H,30,36)(H,32,33);1-2H3. The number of nitrogens with zero attached hydrogens (tertiary/aromatic N) is 3. The molecule has 11 heteroatoms. The molecular formula is C30H40N6O4S. The molecule has 0 saturated heterocycles. The molecule has 2 heterocycles. The third-order valence-corrected chi connectivity index (χ3v) is 7.09. The summed E-state index contributed by atoms with van der Waals surface area (Å²) in [5.41, 5.74) is 3.07. The van der Waals surface area contributed by atoms with Gasteiger partial charge in [-0.2, -0.15) is 5.10 Å². The predicted octanol–water partition coefficient (Wildman–Crippen LogP) is 5.70. The normalized spacial score (nSPS) is 14.3. The van der Waals surface area contributed by atoms with Crippen LogP contribution in [0.15, 0.2) is 70.1 Å². The molecule has 0 aliphatic heterocycles. The highest BCUT2D eigenvalue weighted by Crippen LogP contribution is 2.36. The van der Waals surface area contributed by atoms with Crippen LogP contribution in [-0.4, -0.2) is 39.9 Å². The van der Waals surface area contributed by atoms with Gasteiger partial charge in [0, 0.05) is 35.7 Å². The van der Waals surface area contributed by atoms with Crippen LogP contribution >= 0.6 is 11.9 Å². The predicted molar refractivity (Wildman–Crippen MR) is 164 cm³/mol. The van der Waals surface area contributed by atoms with Crippen LogP contribution in [0.4, 0.5) is 5.82 Å². The minimum Gasteiger partial charge on any atom is -0.491 e. The minimum atomic E-state index is -0.173. The van der Waals surface area contributed by atoms with E-state index in [1.54, 1.807) is 13.1 Å². The van der Waals surface area contributed by atoms with Gasteiger partial charge in [0.2, 0.25) is 11.8 Å². The molecule has 0 bridgehead atoms. The lowest BCUT2D eigenvalue weighted by Crippen LogP contribution is -2.24. The number of amides is 2. The average Bonchev–Trinajstić information content (AvgIpc) is 3.60. The fourth-order valence-electron chi connectivity index (χ4n) is 3.98. The number of carbonyl (C=O) groups is 2. The van der Waals surface area contributed by atoms with Gasteiger partial charge in [-0.3, -0.25) is 14.3 Å². The van der Waals surface area contributed by atoms with Crippen LogP contribution in [-0.2, 0) is 27.4 Å². The van der Waals surface area contributed by atoms with Crippen LogP contribution in [0.25, 0.3) is 11.0 Å². The number of hydrogen-bond acceptors (Lipinski definition) is 8. The van der Waals surface area contributed by atoms with Crippen LogP contribution in [0.5, 0.6) is 0 Å². The van der Waals surface area contributed by atoms with E-state index in [1.165, 1.54) is 18.9 Å². The van der Waals surface area contributed by atoms with Gasteiger partial charge < -0.3 is 24.6 Å². The number of carbonyl (C=O) groups excluding carboxylic acids is 2. The van der Waals surface area contributed by atoms with Gasteiger partial charge in [0.15, 0.2) is 11.4 Å². The SMILES string of the molecule is C=C(C)C(=O)NCc1cnn(Cc2ccc3c(NSC4=C(OCCNC(C)=O)C=CC(CC)C4)noc3c2)c1.CC. The number of hydrogen-bond donors (Lipinski definition) is 3. The molecule has 220 valence electrons. The molecule has 1 atom stereocenters. The first-order valence-corrected chi connectivity index (χ1v) is 14.7. The lowest BCUT2D eigenvalue weighted by molar-refractivity contribution is -0.119. The second kappa shape index (κ2) is 15.7. The van der Waals surface area contributed by atoms with Crippen LogP contribution in [0.1, 0.15) is 58.6 Å². The molecule has 0 radical (unpaired) electrons. The Morgan fingerprint density at radius 1 is 1.22 bits per heavy atom. The topological polar surface area (TPSA) is 123 Å². The molecule has 1 unspecified atom stereocenters. The largest absolute Gasteiger partial charge is 0.491 e. The first kappa shape index (κ1) is 31.5. The summed E-state index contributed by atoms with van der Waals surface area (Å²) in [5.74, 6) is 1.64. The van der Waals surface area contributed by atoms with Gasteiger partial charge in [-0.1, -0.05) is 44.6 Å². The number of benzene rings is 1. The van der Waals surface area contributed by atoms with Crippen molar-refractivity contribution in [3.8, 4) is 0 Å². The van der Waals surface area contributed by atoms with E-state index >= 15 is 0 Å². The van der Waals surface area contributed by atoms with Gasteiger partial charge in [-0.05, 0) is 61.4 Å². The summed E-state index contributed by atoms with van der Waals surface area (Å²) in [6.45, 7) is 14.8. The average molecular weight is 581 g/mol. The van der Waals surface area contributed by atoms with E-state index in [0.717, 1.165) is 40.0 Å². The van der Waals surface area contributed by atoms with E-state index in [9.17, 15) is 9.59 Å². The Hall–Kier alpha value is -3.99. The van der Waals surface area contributed by atoms with E-state index in [4.69, 9.17) is 9.26 Å². The lowest BCUT2D eigenvalue weighted by Gasteiger charge is -2.21. The Morgan fingerprint density at radius 2 is 2.02 bits per heavy atom. The zero-order chi connectivity index (χ0) is 29.8. The zero-order valence-corrected chi connectivity index (χ0v) is 25.3. The maximum Gasteiger partial charge on any atom is 0.246 e. The molecule has 1 aromatic carbocycles. The molecule has 41 heavy (non-hydrogen) atoms. The molecule has 2 amide bonds. The van der Waals surface area contributed by atoms with Crippen LogP contribution in [0, 0.1) is 5.92 Å². The first-order chi connectivity index (χ1) is 19.8. The summed E-state index contributed by atoms with van der Waals surface area (Å²) in [4.78, 5) is 23.9. The Labute approximate surface area is 245 Å². The summed E-state index contributed by atoms with van der Waals surface area (Å²) in [5, 5.41) is 15.1. The smallest absolute Gasteiger partial charge is 0.246 e.